The van der Waals surface area contributed by atoms with Gasteiger partial charge in [0.2, 0.25) is 0 Å². The Kier molecular flexibility index (Phi) is 10.4. The number of hydrogen-bond acceptors (Lipinski definition) is 6. The van der Waals surface area contributed by atoms with E-state index in [1.165, 1.54) is 9.80 Å². The van der Waals surface area contributed by atoms with Gasteiger partial charge in [0.1, 0.15) is 12.0 Å². The molecule has 2 aliphatic rings. The van der Waals surface area contributed by atoms with E-state index in [9.17, 15) is 4.79 Å². The average Bonchev–Trinajstić information content (AvgIpc) is 3.36. The smallest absolute Gasteiger partial charge is 0.266 e. The average molecular weight is 921 g/mol. The lowest BCUT2D eigenvalue weighted by Gasteiger charge is -2.34. The first-order chi connectivity index (χ1) is 33.7. The van der Waals surface area contributed by atoms with Gasteiger partial charge in [0.15, 0.2) is 0 Å². The fourth-order valence-corrected chi connectivity index (χ4v) is 11.4. The van der Waals surface area contributed by atoms with Crippen LogP contribution in [-0.2, 0) is 0 Å². The number of carbonyl (C=O) groups excluding carboxylic acids is 5. The molecule has 346 valence electrons. The maximum Gasteiger partial charge on any atom is 0.266 e. The van der Waals surface area contributed by atoms with E-state index < -0.39 is 23.6 Å². The summed E-state index contributed by atoms with van der Waals surface area (Å²) in [5.74, 6) is -0.908. The third-order valence-electron chi connectivity index (χ3n) is 14.7. The van der Waals surface area contributed by atoms with Gasteiger partial charge in [-0.25, -0.2) is 9.80 Å². The number of amides is 4. The van der Waals surface area contributed by atoms with E-state index in [4.69, 9.17) is 4.74 Å². The minimum atomic E-state index is -0.424. The van der Waals surface area contributed by atoms with Crippen LogP contribution in [0.5, 0.6) is 5.75 Å². The normalized spacial score (nSPS) is 13.8. The molecule has 0 aliphatic carbocycles. The van der Waals surface area contributed by atoms with E-state index >= 15 is 19.2 Å². The molecule has 9 aromatic carbocycles. The van der Waals surface area contributed by atoms with Crippen LogP contribution in [0.1, 0.15) is 153 Å². The standard InChI is InChI=1S/C62H52N2O6/c1-31(2)39-12-10-13-40(32(3)4)57(39)63-59(66)45-27-25-44-52-48(37-20-22-38(70-9)23-21-37)29-50-54-46(60(67)64(62(50)69)58-41(33(5)6)14-11-15-42(58)34(7)8)26-24-43(56(52)54)51-47(36-18-16-35(30-65)17-19-36)28-49(61(63)68)53(45)55(44)51/h10-34H,1-9H3. The quantitative estimate of drug-likeness (QED) is 0.0586. The van der Waals surface area contributed by atoms with Gasteiger partial charge in [0.05, 0.1) is 18.5 Å². The first-order valence-corrected chi connectivity index (χ1v) is 24.2. The molecule has 8 nitrogen and oxygen atoms in total. The van der Waals surface area contributed by atoms with Crippen molar-refractivity contribution in [3.8, 4) is 28.0 Å². The van der Waals surface area contributed by atoms with Crippen molar-refractivity contribution in [2.45, 2.75) is 79.1 Å². The summed E-state index contributed by atoms with van der Waals surface area (Å²) in [6, 6.07) is 38.4. The van der Waals surface area contributed by atoms with Gasteiger partial charge in [0.25, 0.3) is 23.6 Å². The van der Waals surface area contributed by atoms with Crippen LogP contribution in [0.4, 0.5) is 11.4 Å². The van der Waals surface area contributed by atoms with Crippen LogP contribution in [0.3, 0.4) is 0 Å². The van der Waals surface area contributed by atoms with Crippen molar-refractivity contribution < 1.29 is 28.7 Å². The molecule has 0 fully saturated rings. The zero-order valence-electron chi connectivity index (χ0n) is 40.8. The molecular weight excluding hydrogens is 869 g/mol. The van der Waals surface area contributed by atoms with E-state index in [0.717, 1.165) is 77.5 Å². The van der Waals surface area contributed by atoms with E-state index in [1.54, 1.807) is 19.2 Å². The van der Waals surface area contributed by atoms with E-state index in [2.05, 4.69) is 55.4 Å². The Morgan fingerprint density at radius 3 is 1.10 bits per heavy atom. The molecule has 9 aromatic rings. The summed E-state index contributed by atoms with van der Waals surface area (Å²) in [5, 5.41) is 5.61. The highest BCUT2D eigenvalue weighted by Crippen LogP contribution is 2.53. The van der Waals surface area contributed by atoms with Crippen LogP contribution in [-0.4, -0.2) is 37.0 Å². The summed E-state index contributed by atoms with van der Waals surface area (Å²) < 4.78 is 5.61. The van der Waals surface area contributed by atoms with Crippen molar-refractivity contribution in [1.82, 2.24) is 0 Å². The lowest BCUT2D eigenvalue weighted by molar-refractivity contribution is 0.0877. The number of nitrogens with zero attached hydrogens (tertiary/aromatic N) is 2. The van der Waals surface area contributed by atoms with Crippen molar-refractivity contribution >= 4 is 84.4 Å². The van der Waals surface area contributed by atoms with Gasteiger partial charge in [-0.15, -0.1) is 0 Å². The van der Waals surface area contributed by atoms with Crippen molar-refractivity contribution in [2.75, 3.05) is 16.9 Å². The third-order valence-corrected chi connectivity index (χ3v) is 14.7. The first kappa shape index (κ1) is 44.5. The molecule has 0 radical (unpaired) electrons. The lowest BCUT2D eigenvalue weighted by Crippen LogP contribution is -2.42. The number of rotatable bonds is 10. The van der Waals surface area contributed by atoms with Crippen molar-refractivity contribution in [2.24, 2.45) is 0 Å². The number of hydrogen-bond donors (Lipinski definition) is 0. The zero-order valence-corrected chi connectivity index (χ0v) is 40.8. The number of benzene rings is 9. The SMILES string of the molecule is COc1ccc(-c2cc3c4c(ccc5c6c(-c7ccc(C=O)cc7)cc7c8c(ccc(c2c45)c86)C(=O)N(c2c(C(C)C)cccc2C(C)C)C7=O)C(=O)N(c2c(C(C)C)cccc2C(C)C)C3=O)cc1. The Morgan fingerprint density at radius 1 is 0.400 bits per heavy atom. The number of carbonyl (C=O) groups is 5. The molecule has 4 amide bonds. The van der Waals surface area contributed by atoms with E-state index in [1.807, 2.05) is 109 Å². The van der Waals surface area contributed by atoms with Gasteiger partial charge >= 0.3 is 0 Å². The molecule has 0 atom stereocenters. The van der Waals surface area contributed by atoms with Crippen LogP contribution in [0, 0.1) is 0 Å². The van der Waals surface area contributed by atoms with Crippen LogP contribution >= 0.6 is 0 Å². The summed E-state index contributed by atoms with van der Waals surface area (Å²) in [6.07, 6.45) is 0.800. The molecule has 8 heteroatoms. The fourth-order valence-electron chi connectivity index (χ4n) is 11.4. The predicted molar refractivity (Wildman–Crippen MR) is 282 cm³/mol. The highest BCUT2D eigenvalue weighted by Gasteiger charge is 2.42. The Bertz CT molecular complexity index is 3700. The van der Waals surface area contributed by atoms with Crippen molar-refractivity contribution in [3.63, 3.8) is 0 Å². The topological polar surface area (TPSA) is 101 Å². The summed E-state index contributed by atoms with van der Waals surface area (Å²) in [5.41, 5.74) is 9.96. The summed E-state index contributed by atoms with van der Waals surface area (Å²) in [6.45, 7) is 16.6. The Hall–Kier alpha value is -7.97. The number of fused-ring (bicyclic) bond motifs is 2. The summed E-state index contributed by atoms with van der Waals surface area (Å²) in [4.78, 5) is 76.8. The van der Waals surface area contributed by atoms with Crippen molar-refractivity contribution in [1.29, 1.82) is 0 Å². The number of ether oxygens (including phenoxy) is 1. The Morgan fingerprint density at radius 2 is 0.757 bits per heavy atom. The van der Waals surface area contributed by atoms with Gasteiger partial charge in [-0.2, -0.15) is 0 Å². The van der Waals surface area contributed by atoms with Crippen molar-refractivity contribution in [3.05, 3.63) is 171 Å². The second kappa shape index (κ2) is 16.3. The molecule has 11 rings (SSSR count). The summed E-state index contributed by atoms with van der Waals surface area (Å²) in [7, 11) is 1.62. The molecule has 0 saturated heterocycles. The largest absolute Gasteiger partial charge is 0.497 e. The molecule has 0 saturated carbocycles. The molecule has 0 unspecified atom stereocenters. The highest BCUT2D eigenvalue weighted by atomic mass is 16.5. The molecule has 0 bridgehead atoms. The highest BCUT2D eigenvalue weighted by molar-refractivity contribution is 6.48. The molecule has 70 heavy (non-hydrogen) atoms. The molecule has 0 N–H and O–H groups in total. The van der Waals surface area contributed by atoms with E-state index in [0.29, 0.717) is 61.3 Å². The number of methoxy groups -OCH3 is 1. The Labute approximate surface area is 406 Å². The molecular formula is C62H52N2O6. The number of anilines is 2. The van der Waals surface area contributed by atoms with E-state index in [-0.39, 0.29) is 23.7 Å². The number of aldehydes is 1. The molecule has 0 aromatic heterocycles. The first-order valence-electron chi connectivity index (χ1n) is 24.2. The van der Waals surface area contributed by atoms with Gasteiger partial charge in [-0.05, 0) is 137 Å². The zero-order chi connectivity index (χ0) is 49.2. The summed E-state index contributed by atoms with van der Waals surface area (Å²) >= 11 is 0. The number of imide groups is 2. The van der Waals surface area contributed by atoms with Crippen LogP contribution in [0.15, 0.2) is 121 Å². The molecule has 2 aliphatic heterocycles. The molecule has 0 spiro atoms. The number of para-hydroxylation sites is 2. The maximum absolute atomic E-state index is 15.6. The third kappa shape index (κ3) is 6.31. The van der Waals surface area contributed by atoms with Gasteiger partial charge < -0.3 is 4.74 Å². The van der Waals surface area contributed by atoms with Crippen LogP contribution in [0.25, 0.3) is 65.3 Å². The lowest BCUT2D eigenvalue weighted by atomic mass is 9.77. The molecule has 2 heterocycles. The minimum absolute atomic E-state index is 0.0148. The Balaban J connectivity index is 1.30. The maximum atomic E-state index is 15.6. The second-order valence-corrected chi connectivity index (χ2v) is 20.1. The van der Waals surface area contributed by atoms with Gasteiger partial charge in [0, 0.05) is 38.6 Å². The monoisotopic (exact) mass is 920 g/mol. The van der Waals surface area contributed by atoms with Gasteiger partial charge in [-0.1, -0.05) is 140 Å². The fraction of sp³-hybridized carbons (Fsp3) is 0.210. The van der Waals surface area contributed by atoms with Gasteiger partial charge in [-0.3, -0.25) is 24.0 Å². The minimum Gasteiger partial charge on any atom is -0.497 e. The van der Waals surface area contributed by atoms with Crippen LogP contribution in [0.2, 0.25) is 0 Å². The predicted octanol–water partition coefficient (Wildman–Crippen LogP) is 15.0. The second-order valence-electron chi connectivity index (χ2n) is 20.1. The van der Waals surface area contributed by atoms with Crippen LogP contribution < -0.4 is 14.5 Å².